The normalized spacial score (nSPS) is 8.00. The fraction of sp³-hybridized carbons (Fsp3) is 0. The van der Waals surface area contributed by atoms with Crippen molar-refractivity contribution in [2.24, 2.45) is 5.10 Å². The lowest BCUT2D eigenvalue weighted by Gasteiger charge is -1.79. The molecule has 0 aliphatic rings. The summed E-state index contributed by atoms with van der Waals surface area (Å²) in [6.07, 6.45) is 4.72. The molecule has 0 radical (unpaired) electrons. The zero-order valence-corrected chi connectivity index (χ0v) is 4.11. The Balaban J connectivity index is 2.93. The molecular formula is C5H4N2O. The number of rotatable bonds is 1. The molecule has 3 nitrogen and oxygen atoms in total. The molecule has 0 unspecified atom stereocenters. The molecule has 0 saturated heterocycles. The van der Waals surface area contributed by atoms with Crippen molar-refractivity contribution >= 4 is 6.08 Å². The predicted octanol–water partition coefficient (Wildman–Crippen LogP) is 0.587. The largest absolute Gasteiger partial charge is 0.258 e. The summed E-state index contributed by atoms with van der Waals surface area (Å²) in [6, 6.07) is 3.56. The van der Waals surface area contributed by atoms with Gasteiger partial charge in [0.2, 0.25) is 0 Å². The van der Waals surface area contributed by atoms with Gasteiger partial charge in [0.15, 0.2) is 0 Å². The van der Waals surface area contributed by atoms with Gasteiger partial charge in [-0.15, -0.1) is 0 Å². The molecule has 8 heavy (non-hydrogen) atoms. The molecule has 0 saturated carbocycles. The van der Waals surface area contributed by atoms with Crippen LogP contribution in [0.5, 0.6) is 0 Å². The second-order valence-electron chi connectivity index (χ2n) is 1.25. The van der Waals surface area contributed by atoms with Crippen LogP contribution in [0.25, 0.3) is 0 Å². The zero-order chi connectivity index (χ0) is 5.82. The SMILES string of the molecule is O=C=Nn1cccc1. The number of nitrogens with zero attached hydrogens (tertiary/aromatic N) is 2. The quantitative estimate of drug-likeness (QED) is 0.383. The Hall–Kier alpha value is -1.34. The van der Waals surface area contributed by atoms with E-state index in [4.69, 9.17) is 0 Å². The summed E-state index contributed by atoms with van der Waals surface area (Å²) in [6.45, 7) is 0. The minimum atomic E-state index is 1.38. The van der Waals surface area contributed by atoms with E-state index >= 15 is 0 Å². The van der Waals surface area contributed by atoms with Crippen molar-refractivity contribution in [3.8, 4) is 0 Å². The van der Waals surface area contributed by atoms with Crippen LogP contribution in [0.3, 0.4) is 0 Å². The molecule has 1 aromatic rings. The van der Waals surface area contributed by atoms with Crippen LogP contribution in [-0.2, 0) is 4.79 Å². The molecule has 0 aliphatic carbocycles. The molecule has 0 aliphatic heterocycles. The van der Waals surface area contributed by atoms with Gasteiger partial charge in [0.1, 0.15) is 0 Å². The first-order chi connectivity index (χ1) is 3.93. The average molecular weight is 108 g/mol. The first-order valence-corrected chi connectivity index (χ1v) is 2.14. The molecule has 0 N–H and O–H groups in total. The Bertz CT molecular complexity index is 196. The fourth-order valence-corrected chi connectivity index (χ4v) is 0.439. The van der Waals surface area contributed by atoms with E-state index in [9.17, 15) is 4.79 Å². The van der Waals surface area contributed by atoms with Crippen LogP contribution in [0.1, 0.15) is 0 Å². The van der Waals surface area contributed by atoms with Crippen LogP contribution in [0.15, 0.2) is 29.6 Å². The minimum Gasteiger partial charge on any atom is -0.237 e. The highest BCUT2D eigenvalue weighted by atomic mass is 16.1. The molecule has 1 rings (SSSR count). The maximum absolute atomic E-state index is 9.56. The van der Waals surface area contributed by atoms with Gasteiger partial charge in [0.05, 0.1) is 0 Å². The lowest BCUT2D eigenvalue weighted by molar-refractivity contribution is 0.560. The third-order valence-corrected chi connectivity index (χ3v) is 0.745. The van der Waals surface area contributed by atoms with Crippen LogP contribution in [0, 0.1) is 0 Å². The number of carbonyl (C=O) groups excluding carboxylic acids is 1. The van der Waals surface area contributed by atoms with Crippen molar-refractivity contribution in [1.82, 2.24) is 4.68 Å². The topological polar surface area (TPSA) is 34.4 Å². The van der Waals surface area contributed by atoms with Crippen molar-refractivity contribution in [2.45, 2.75) is 0 Å². The van der Waals surface area contributed by atoms with E-state index in [-0.39, 0.29) is 0 Å². The first-order valence-electron chi connectivity index (χ1n) is 2.14. The predicted molar refractivity (Wildman–Crippen MR) is 28.0 cm³/mol. The van der Waals surface area contributed by atoms with E-state index in [1.807, 2.05) is 0 Å². The van der Waals surface area contributed by atoms with Gasteiger partial charge in [-0.1, -0.05) is 5.10 Å². The highest BCUT2D eigenvalue weighted by Crippen LogP contribution is 1.85. The number of hydrogen-bond acceptors (Lipinski definition) is 2. The van der Waals surface area contributed by atoms with Gasteiger partial charge in [-0.2, -0.15) is 0 Å². The maximum atomic E-state index is 9.56. The molecule has 0 amide bonds. The Labute approximate surface area is 46.2 Å². The smallest absolute Gasteiger partial charge is 0.237 e. The average Bonchev–Trinajstić information content (AvgIpc) is 2.19. The standard InChI is InChI=1S/C5H4N2O/c8-5-6-7-3-1-2-4-7/h1-4H. The van der Waals surface area contributed by atoms with Crippen molar-refractivity contribution in [3.05, 3.63) is 24.5 Å². The van der Waals surface area contributed by atoms with Gasteiger partial charge in [0, 0.05) is 12.4 Å². The second-order valence-corrected chi connectivity index (χ2v) is 1.25. The van der Waals surface area contributed by atoms with Crippen molar-refractivity contribution in [3.63, 3.8) is 0 Å². The van der Waals surface area contributed by atoms with Crippen LogP contribution in [0.2, 0.25) is 0 Å². The number of hydrogen-bond donors (Lipinski definition) is 0. The fourth-order valence-electron chi connectivity index (χ4n) is 0.439. The number of aromatic nitrogens is 1. The van der Waals surface area contributed by atoms with E-state index in [2.05, 4.69) is 5.10 Å². The third kappa shape index (κ3) is 0.832. The van der Waals surface area contributed by atoms with Crippen LogP contribution in [-0.4, -0.2) is 10.8 Å². The monoisotopic (exact) mass is 108 g/mol. The molecule has 0 spiro atoms. The highest BCUT2D eigenvalue weighted by Gasteiger charge is 1.75. The summed E-state index contributed by atoms with van der Waals surface area (Å²) >= 11 is 0. The molecule has 0 aromatic carbocycles. The van der Waals surface area contributed by atoms with E-state index in [1.54, 1.807) is 24.5 Å². The summed E-state index contributed by atoms with van der Waals surface area (Å²) in [7, 11) is 0. The van der Waals surface area contributed by atoms with Crippen LogP contribution < -0.4 is 0 Å². The second kappa shape index (κ2) is 2.09. The Morgan fingerprint density at radius 1 is 1.38 bits per heavy atom. The van der Waals surface area contributed by atoms with E-state index in [1.165, 1.54) is 10.8 Å². The molecule has 1 aromatic heterocycles. The van der Waals surface area contributed by atoms with Crippen LogP contribution in [0.4, 0.5) is 0 Å². The summed E-state index contributed by atoms with van der Waals surface area (Å²) in [5, 5.41) is 3.28. The van der Waals surface area contributed by atoms with Gasteiger partial charge in [-0.25, -0.2) is 9.47 Å². The first kappa shape index (κ1) is 4.81. The molecule has 1 heterocycles. The summed E-state index contributed by atoms with van der Waals surface area (Å²) in [5.74, 6) is 0. The van der Waals surface area contributed by atoms with E-state index in [0.29, 0.717) is 0 Å². The summed E-state index contributed by atoms with van der Waals surface area (Å²) in [4.78, 5) is 9.56. The summed E-state index contributed by atoms with van der Waals surface area (Å²) < 4.78 is 1.38. The Kier molecular flexibility index (Phi) is 1.26. The van der Waals surface area contributed by atoms with Crippen molar-refractivity contribution in [2.75, 3.05) is 0 Å². The van der Waals surface area contributed by atoms with Crippen LogP contribution >= 0.6 is 0 Å². The number of isocyanates is 1. The molecule has 0 atom stereocenters. The van der Waals surface area contributed by atoms with Crippen molar-refractivity contribution in [1.29, 1.82) is 0 Å². The Morgan fingerprint density at radius 3 is 2.50 bits per heavy atom. The van der Waals surface area contributed by atoms with Gasteiger partial charge in [-0.05, 0) is 12.1 Å². The van der Waals surface area contributed by atoms with Gasteiger partial charge >= 0.3 is 0 Å². The zero-order valence-electron chi connectivity index (χ0n) is 4.11. The molecule has 3 heteroatoms. The lowest BCUT2D eigenvalue weighted by Crippen LogP contribution is -1.77. The Morgan fingerprint density at radius 2 is 2.00 bits per heavy atom. The lowest BCUT2D eigenvalue weighted by atomic mass is 10.7. The highest BCUT2D eigenvalue weighted by molar-refractivity contribution is 5.32. The van der Waals surface area contributed by atoms with Crippen molar-refractivity contribution < 1.29 is 4.79 Å². The summed E-state index contributed by atoms with van der Waals surface area (Å²) in [5.41, 5.74) is 0. The molecule has 0 bridgehead atoms. The molecule has 40 valence electrons. The van der Waals surface area contributed by atoms with Gasteiger partial charge in [-0.3, -0.25) is 0 Å². The molecular weight excluding hydrogens is 104 g/mol. The van der Waals surface area contributed by atoms with E-state index in [0.717, 1.165) is 0 Å². The molecule has 0 fully saturated rings. The maximum Gasteiger partial charge on any atom is 0.258 e. The third-order valence-electron chi connectivity index (χ3n) is 0.745. The van der Waals surface area contributed by atoms with Gasteiger partial charge < -0.3 is 0 Å². The van der Waals surface area contributed by atoms with E-state index < -0.39 is 0 Å². The minimum absolute atomic E-state index is 1.38. The van der Waals surface area contributed by atoms with Gasteiger partial charge in [0.25, 0.3) is 6.08 Å².